The number of rotatable bonds is 7. The summed E-state index contributed by atoms with van der Waals surface area (Å²) < 4.78 is 12.4. The molecular weight excluding hydrogens is 452 g/mol. The van der Waals surface area contributed by atoms with Crippen LogP contribution in [0.5, 0.6) is 11.5 Å². The number of nitrogens with one attached hydrogen (secondary N) is 1. The van der Waals surface area contributed by atoms with Crippen molar-refractivity contribution in [1.82, 2.24) is 4.98 Å². The molecule has 0 saturated heterocycles. The van der Waals surface area contributed by atoms with Gasteiger partial charge in [-0.05, 0) is 96.4 Å². The molecule has 0 bridgehead atoms. The SMILES string of the molecule is COc1ccc(COc2ccc(C)c(Nc3nc(C)c(C4CCC4)cc3Br)c2C)cc1. The number of hydrogen-bond acceptors (Lipinski definition) is 4. The van der Waals surface area contributed by atoms with E-state index < -0.39 is 0 Å². The average molecular weight is 481 g/mol. The predicted octanol–water partition coefficient (Wildman–Crippen LogP) is 7.37. The van der Waals surface area contributed by atoms with Gasteiger partial charge in [0, 0.05) is 16.9 Å². The van der Waals surface area contributed by atoms with Crippen molar-refractivity contribution < 1.29 is 9.47 Å². The molecule has 0 unspecified atom stereocenters. The highest BCUT2D eigenvalue weighted by atomic mass is 79.9. The molecule has 1 aliphatic rings. The number of pyridine rings is 1. The minimum absolute atomic E-state index is 0.504. The van der Waals surface area contributed by atoms with E-state index >= 15 is 0 Å². The van der Waals surface area contributed by atoms with Crippen LogP contribution in [0.25, 0.3) is 0 Å². The Kier molecular flexibility index (Phi) is 6.51. The molecule has 0 aliphatic heterocycles. The Balaban J connectivity index is 1.54. The molecule has 1 aliphatic carbocycles. The lowest BCUT2D eigenvalue weighted by molar-refractivity contribution is 0.304. The lowest BCUT2D eigenvalue weighted by atomic mass is 9.79. The van der Waals surface area contributed by atoms with E-state index in [2.05, 4.69) is 54.2 Å². The van der Waals surface area contributed by atoms with Gasteiger partial charge in [-0.25, -0.2) is 4.98 Å². The van der Waals surface area contributed by atoms with Crippen molar-refractivity contribution in [2.24, 2.45) is 0 Å². The van der Waals surface area contributed by atoms with Crippen molar-refractivity contribution in [3.8, 4) is 11.5 Å². The van der Waals surface area contributed by atoms with Crippen molar-refractivity contribution in [2.75, 3.05) is 12.4 Å². The smallest absolute Gasteiger partial charge is 0.145 e. The van der Waals surface area contributed by atoms with Gasteiger partial charge in [0.05, 0.1) is 11.6 Å². The fraction of sp³-hybridized carbons (Fsp3) is 0.346. The van der Waals surface area contributed by atoms with E-state index in [0.717, 1.165) is 49.9 Å². The molecule has 0 radical (unpaired) electrons. The van der Waals surface area contributed by atoms with Crippen LogP contribution in [-0.2, 0) is 6.61 Å². The third kappa shape index (κ3) is 4.72. The fourth-order valence-electron chi connectivity index (χ4n) is 3.99. The van der Waals surface area contributed by atoms with Crippen LogP contribution in [0.1, 0.15) is 53.1 Å². The molecule has 0 spiro atoms. The summed E-state index contributed by atoms with van der Waals surface area (Å²) in [5.41, 5.74) is 6.84. The molecular formula is C26H29BrN2O2. The van der Waals surface area contributed by atoms with Crippen molar-refractivity contribution in [1.29, 1.82) is 0 Å². The third-order valence-electron chi connectivity index (χ3n) is 6.17. The van der Waals surface area contributed by atoms with Gasteiger partial charge in [0.15, 0.2) is 0 Å². The van der Waals surface area contributed by atoms with E-state index in [0.29, 0.717) is 12.5 Å². The molecule has 4 nitrogen and oxygen atoms in total. The molecule has 1 fully saturated rings. The van der Waals surface area contributed by atoms with Crippen LogP contribution in [0.15, 0.2) is 46.9 Å². The summed E-state index contributed by atoms with van der Waals surface area (Å²) in [6.07, 6.45) is 3.87. The van der Waals surface area contributed by atoms with Crippen molar-refractivity contribution in [3.05, 3.63) is 74.9 Å². The van der Waals surface area contributed by atoms with Gasteiger partial charge >= 0.3 is 0 Å². The molecule has 0 amide bonds. The molecule has 3 aromatic rings. The Morgan fingerprint density at radius 2 is 1.81 bits per heavy atom. The van der Waals surface area contributed by atoms with Gasteiger partial charge in [-0.3, -0.25) is 0 Å². The van der Waals surface area contributed by atoms with Gasteiger partial charge < -0.3 is 14.8 Å². The summed E-state index contributed by atoms with van der Waals surface area (Å²) in [5, 5.41) is 3.55. The number of nitrogens with zero attached hydrogens (tertiary/aromatic N) is 1. The maximum atomic E-state index is 6.14. The molecule has 1 heterocycles. The largest absolute Gasteiger partial charge is 0.497 e. The first-order valence-corrected chi connectivity index (χ1v) is 11.6. The number of ether oxygens (including phenoxy) is 2. The molecule has 0 atom stereocenters. The average Bonchev–Trinajstić information content (AvgIpc) is 2.73. The van der Waals surface area contributed by atoms with E-state index in [1.807, 2.05) is 30.3 Å². The number of halogens is 1. The Bertz CT molecular complexity index is 1080. The van der Waals surface area contributed by atoms with E-state index in [1.54, 1.807) is 7.11 Å². The maximum Gasteiger partial charge on any atom is 0.145 e. The molecule has 31 heavy (non-hydrogen) atoms. The monoisotopic (exact) mass is 480 g/mol. The summed E-state index contributed by atoms with van der Waals surface area (Å²) in [7, 11) is 1.67. The quantitative estimate of drug-likeness (QED) is 0.383. The van der Waals surface area contributed by atoms with Crippen molar-refractivity contribution in [3.63, 3.8) is 0 Å². The van der Waals surface area contributed by atoms with Crippen LogP contribution in [-0.4, -0.2) is 12.1 Å². The predicted molar refractivity (Wildman–Crippen MR) is 130 cm³/mol. The summed E-state index contributed by atoms with van der Waals surface area (Å²) in [4.78, 5) is 4.88. The summed E-state index contributed by atoms with van der Waals surface area (Å²) >= 11 is 3.73. The van der Waals surface area contributed by atoms with Crippen LogP contribution in [0.3, 0.4) is 0 Å². The zero-order valence-corrected chi connectivity index (χ0v) is 20.2. The molecule has 1 N–H and O–H groups in total. The topological polar surface area (TPSA) is 43.4 Å². The third-order valence-corrected chi connectivity index (χ3v) is 6.78. The Morgan fingerprint density at radius 3 is 2.45 bits per heavy atom. The Hall–Kier alpha value is -2.53. The number of benzene rings is 2. The fourth-order valence-corrected chi connectivity index (χ4v) is 4.43. The normalized spacial score (nSPS) is 13.6. The summed E-state index contributed by atoms with van der Waals surface area (Å²) in [6.45, 7) is 6.80. The Morgan fingerprint density at radius 1 is 1.06 bits per heavy atom. The molecule has 1 aromatic heterocycles. The number of anilines is 2. The van der Waals surface area contributed by atoms with Gasteiger partial charge in [-0.2, -0.15) is 0 Å². The second-order valence-electron chi connectivity index (χ2n) is 8.26. The van der Waals surface area contributed by atoms with E-state index in [9.17, 15) is 0 Å². The lowest BCUT2D eigenvalue weighted by Gasteiger charge is -2.27. The molecule has 1 saturated carbocycles. The highest BCUT2D eigenvalue weighted by Crippen LogP contribution is 2.40. The highest BCUT2D eigenvalue weighted by molar-refractivity contribution is 9.10. The van der Waals surface area contributed by atoms with Gasteiger partial charge in [0.1, 0.15) is 23.9 Å². The minimum Gasteiger partial charge on any atom is -0.497 e. The van der Waals surface area contributed by atoms with Crippen LogP contribution in [0.4, 0.5) is 11.5 Å². The zero-order valence-electron chi connectivity index (χ0n) is 18.6. The minimum atomic E-state index is 0.504. The van der Waals surface area contributed by atoms with Gasteiger partial charge in [-0.15, -0.1) is 0 Å². The van der Waals surface area contributed by atoms with Crippen molar-refractivity contribution >= 4 is 27.4 Å². The summed E-state index contributed by atoms with van der Waals surface area (Å²) in [6, 6.07) is 14.3. The van der Waals surface area contributed by atoms with Gasteiger partial charge in [0.2, 0.25) is 0 Å². The van der Waals surface area contributed by atoms with E-state index in [-0.39, 0.29) is 0 Å². The first kappa shape index (κ1) is 21.7. The van der Waals surface area contributed by atoms with Crippen LogP contribution >= 0.6 is 15.9 Å². The van der Waals surface area contributed by atoms with Gasteiger partial charge in [0.25, 0.3) is 0 Å². The lowest BCUT2D eigenvalue weighted by Crippen LogP contribution is -2.12. The highest BCUT2D eigenvalue weighted by Gasteiger charge is 2.23. The van der Waals surface area contributed by atoms with Crippen LogP contribution in [0.2, 0.25) is 0 Å². The standard InChI is InChI=1S/C26H29BrN2O2/c1-16-8-13-24(31-15-19-9-11-21(30-4)12-10-19)17(2)25(16)29-26-23(27)14-22(18(3)28-26)20-6-5-7-20/h8-14,20H,5-7,15H2,1-4H3,(H,28,29). The molecule has 162 valence electrons. The number of aromatic nitrogens is 1. The van der Waals surface area contributed by atoms with Gasteiger partial charge in [-0.1, -0.05) is 24.6 Å². The van der Waals surface area contributed by atoms with Crippen molar-refractivity contribution in [2.45, 2.75) is 52.6 Å². The van der Waals surface area contributed by atoms with E-state index in [1.165, 1.54) is 24.8 Å². The number of methoxy groups -OCH3 is 1. The van der Waals surface area contributed by atoms with E-state index in [4.69, 9.17) is 14.5 Å². The Labute approximate surface area is 193 Å². The number of aryl methyl sites for hydroxylation is 2. The second kappa shape index (κ2) is 9.31. The van der Waals surface area contributed by atoms with Crippen LogP contribution < -0.4 is 14.8 Å². The molecule has 2 aromatic carbocycles. The number of hydrogen-bond donors (Lipinski definition) is 1. The van der Waals surface area contributed by atoms with Crippen LogP contribution in [0, 0.1) is 20.8 Å². The maximum absolute atomic E-state index is 6.14. The second-order valence-corrected chi connectivity index (χ2v) is 9.12. The molecule has 4 rings (SSSR count). The first-order valence-electron chi connectivity index (χ1n) is 10.8. The first-order chi connectivity index (χ1) is 15.0. The summed E-state index contributed by atoms with van der Waals surface area (Å²) in [5.74, 6) is 3.22. The zero-order chi connectivity index (χ0) is 22.0. The molecule has 5 heteroatoms.